The van der Waals surface area contributed by atoms with Crippen LogP contribution in [0.15, 0.2) is 48.7 Å². The zero-order valence-corrected chi connectivity index (χ0v) is 26.8. The van der Waals surface area contributed by atoms with Crippen molar-refractivity contribution < 1.29 is 13.2 Å². The second-order valence-corrected chi connectivity index (χ2v) is 13.8. The van der Waals surface area contributed by atoms with Crippen LogP contribution < -0.4 is 20.3 Å². The van der Waals surface area contributed by atoms with Crippen LogP contribution in [0.2, 0.25) is 5.02 Å². The molecule has 2 saturated heterocycles. The molecule has 43 heavy (non-hydrogen) atoms. The minimum Gasteiger partial charge on any atom is -0.494 e. The first-order valence-corrected chi connectivity index (χ1v) is 16.7. The number of nitrogens with zero attached hydrogens (tertiary/aromatic N) is 6. The number of sulfonamides is 1. The van der Waals surface area contributed by atoms with Gasteiger partial charge in [-0.2, -0.15) is 4.98 Å². The molecule has 0 atom stereocenters. The number of methoxy groups -OCH3 is 1. The molecular formula is C30H41ClN8O3S. The maximum Gasteiger partial charge on any atom is 0.229 e. The number of anilines is 5. The summed E-state index contributed by atoms with van der Waals surface area (Å²) in [5, 5.41) is 6.84. The van der Waals surface area contributed by atoms with E-state index in [1.807, 2.05) is 30.3 Å². The Balaban J connectivity index is 1.26. The molecule has 11 nitrogen and oxygen atoms in total. The van der Waals surface area contributed by atoms with Crippen molar-refractivity contribution >= 4 is 50.5 Å². The largest absolute Gasteiger partial charge is 0.494 e. The van der Waals surface area contributed by atoms with Crippen LogP contribution in [0.1, 0.15) is 18.4 Å². The Labute approximate surface area is 259 Å². The number of hydrogen-bond acceptors (Lipinski definition) is 10. The lowest BCUT2D eigenvalue weighted by molar-refractivity contribution is 0.0982. The highest BCUT2D eigenvalue weighted by Crippen LogP contribution is 2.34. The van der Waals surface area contributed by atoms with Crippen LogP contribution in [0.3, 0.4) is 0 Å². The van der Waals surface area contributed by atoms with E-state index in [1.165, 1.54) is 16.8 Å². The van der Waals surface area contributed by atoms with E-state index in [-0.39, 0.29) is 6.54 Å². The summed E-state index contributed by atoms with van der Waals surface area (Å²) in [5.74, 6) is 1.44. The van der Waals surface area contributed by atoms with Gasteiger partial charge >= 0.3 is 0 Å². The molecule has 2 aliphatic heterocycles. The number of piperidine rings is 1. The predicted octanol–water partition coefficient (Wildman–Crippen LogP) is 4.23. The van der Waals surface area contributed by atoms with Crippen LogP contribution in [-0.4, -0.2) is 105 Å². The molecule has 0 radical (unpaired) electrons. The van der Waals surface area contributed by atoms with Gasteiger partial charge in [0.1, 0.15) is 10.8 Å². The molecule has 2 aliphatic rings. The summed E-state index contributed by atoms with van der Waals surface area (Å²) in [4.78, 5) is 16.5. The average Bonchev–Trinajstić information content (AvgIpc) is 3.00. The molecule has 0 unspecified atom stereocenters. The molecule has 5 rings (SSSR count). The van der Waals surface area contributed by atoms with Gasteiger partial charge < -0.3 is 25.2 Å². The van der Waals surface area contributed by atoms with Gasteiger partial charge in [0.15, 0.2) is 5.82 Å². The molecule has 2 aromatic carbocycles. The van der Waals surface area contributed by atoms with Crippen LogP contribution in [0.4, 0.5) is 28.8 Å². The third-order valence-electron chi connectivity index (χ3n) is 8.29. The molecule has 0 saturated carbocycles. The zero-order chi connectivity index (χ0) is 30.6. The first-order chi connectivity index (χ1) is 20.6. The van der Waals surface area contributed by atoms with Crippen molar-refractivity contribution in [2.75, 3.05) is 82.3 Å². The topological polar surface area (TPSA) is 106 Å². The van der Waals surface area contributed by atoms with Gasteiger partial charge in [-0.3, -0.25) is 4.90 Å². The fourth-order valence-corrected chi connectivity index (χ4v) is 6.07. The minimum atomic E-state index is -3.34. The number of hydrogen-bond donors (Lipinski definition) is 2. The van der Waals surface area contributed by atoms with E-state index in [0.29, 0.717) is 34.3 Å². The monoisotopic (exact) mass is 628 g/mol. The number of rotatable bonds is 10. The van der Waals surface area contributed by atoms with Crippen molar-refractivity contribution in [3.8, 4) is 5.75 Å². The minimum absolute atomic E-state index is 0.201. The van der Waals surface area contributed by atoms with Crippen molar-refractivity contribution in [2.45, 2.75) is 25.4 Å². The van der Waals surface area contributed by atoms with Gasteiger partial charge in [0, 0.05) is 76.3 Å². The molecule has 0 spiro atoms. The van der Waals surface area contributed by atoms with Crippen molar-refractivity contribution in [2.24, 2.45) is 0 Å². The van der Waals surface area contributed by atoms with Crippen LogP contribution in [-0.2, 0) is 16.6 Å². The molecule has 3 heterocycles. The van der Waals surface area contributed by atoms with E-state index in [4.69, 9.17) is 16.3 Å². The Bertz CT molecular complexity index is 1510. The van der Waals surface area contributed by atoms with E-state index in [9.17, 15) is 8.42 Å². The molecular weight excluding hydrogens is 588 g/mol. The quantitative estimate of drug-likeness (QED) is 0.339. The number of nitrogens with one attached hydrogen (secondary N) is 2. The number of aromatic nitrogens is 2. The first-order valence-electron chi connectivity index (χ1n) is 14.5. The summed E-state index contributed by atoms with van der Waals surface area (Å²) in [6.45, 7) is 6.85. The average molecular weight is 629 g/mol. The van der Waals surface area contributed by atoms with Gasteiger partial charge in [0.2, 0.25) is 16.0 Å². The van der Waals surface area contributed by atoms with Gasteiger partial charge in [-0.1, -0.05) is 29.8 Å². The van der Waals surface area contributed by atoms with Crippen molar-refractivity contribution in [3.05, 3.63) is 59.2 Å². The molecule has 0 amide bonds. The Morgan fingerprint density at radius 2 is 1.74 bits per heavy atom. The molecule has 13 heteroatoms. The highest BCUT2D eigenvalue weighted by molar-refractivity contribution is 7.88. The Morgan fingerprint density at radius 1 is 1.02 bits per heavy atom. The summed E-state index contributed by atoms with van der Waals surface area (Å²) in [7, 11) is 2.06. The van der Waals surface area contributed by atoms with Gasteiger partial charge in [0.25, 0.3) is 0 Å². The van der Waals surface area contributed by atoms with E-state index < -0.39 is 10.0 Å². The van der Waals surface area contributed by atoms with Gasteiger partial charge in [-0.25, -0.2) is 17.7 Å². The number of para-hydroxylation sites is 1. The molecule has 3 aromatic rings. The lowest BCUT2D eigenvalue weighted by Crippen LogP contribution is -2.52. The van der Waals surface area contributed by atoms with Crippen molar-refractivity contribution in [1.29, 1.82) is 0 Å². The number of likely N-dealkylation sites (N-methyl/N-ethyl adjacent to an activating group) is 1. The van der Waals surface area contributed by atoms with Gasteiger partial charge in [0.05, 0.1) is 25.2 Å². The smallest absolute Gasteiger partial charge is 0.229 e. The van der Waals surface area contributed by atoms with Gasteiger partial charge in [-0.15, -0.1) is 0 Å². The lowest BCUT2D eigenvalue weighted by Gasteiger charge is -2.42. The molecule has 2 fully saturated rings. The third kappa shape index (κ3) is 7.87. The molecule has 0 aliphatic carbocycles. The van der Waals surface area contributed by atoms with E-state index >= 15 is 0 Å². The molecule has 2 N–H and O–H groups in total. The van der Waals surface area contributed by atoms with Crippen molar-refractivity contribution in [1.82, 2.24) is 24.1 Å². The molecule has 232 valence electrons. The molecule has 0 bridgehead atoms. The maximum atomic E-state index is 12.0. The SMILES string of the molecule is COc1cc(N2CCC(N3CCN(C)CC3)CC2)ccc1Nc1ncc(Cl)c(Nc2ccccc2CN(C)S(C)(=O)=O)n1. The summed E-state index contributed by atoms with van der Waals surface area (Å²) >= 11 is 6.45. The number of piperazine rings is 1. The standard InChI is InChI=1S/C30H41ClN8O3S/c1-36-15-17-39(18-16-36)23-11-13-38(14-12-23)24-9-10-27(28(19-24)42-3)34-30-32-20-25(31)29(35-30)33-26-8-6-5-7-22(26)21-37(2)43(4,40)41/h5-10,19-20,23H,11-18,21H2,1-4H3,(H2,32,33,34,35). The van der Waals surface area contributed by atoms with Gasteiger partial charge in [-0.05, 0) is 43.7 Å². The molecule has 1 aromatic heterocycles. The van der Waals surface area contributed by atoms with Crippen LogP contribution in [0.5, 0.6) is 5.75 Å². The zero-order valence-electron chi connectivity index (χ0n) is 25.3. The Kier molecular flexibility index (Phi) is 9.92. The predicted molar refractivity (Wildman–Crippen MR) is 174 cm³/mol. The van der Waals surface area contributed by atoms with E-state index in [1.54, 1.807) is 14.2 Å². The van der Waals surface area contributed by atoms with Crippen LogP contribution >= 0.6 is 11.6 Å². The summed E-state index contributed by atoms with van der Waals surface area (Å²) in [5.41, 5.74) is 3.35. The Hall–Kier alpha value is -3.16. The number of halogens is 1. The van der Waals surface area contributed by atoms with E-state index in [2.05, 4.69) is 54.5 Å². The number of ether oxygens (including phenoxy) is 1. The fourth-order valence-electron chi connectivity index (χ4n) is 5.56. The highest BCUT2D eigenvalue weighted by atomic mass is 35.5. The maximum absolute atomic E-state index is 12.0. The Morgan fingerprint density at radius 3 is 2.44 bits per heavy atom. The summed E-state index contributed by atoms with van der Waals surface area (Å²) < 4.78 is 31.0. The second kappa shape index (κ2) is 13.6. The lowest BCUT2D eigenvalue weighted by atomic mass is 10.0. The normalized spacial score (nSPS) is 17.3. The number of benzene rings is 2. The second-order valence-electron chi connectivity index (χ2n) is 11.3. The fraction of sp³-hybridized carbons (Fsp3) is 0.467. The first kappa shape index (κ1) is 31.3. The van der Waals surface area contributed by atoms with Crippen LogP contribution in [0.25, 0.3) is 0 Å². The summed E-state index contributed by atoms with van der Waals surface area (Å²) in [6.07, 6.45) is 5.03. The van der Waals surface area contributed by atoms with Crippen molar-refractivity contribution in [3.63, 3.8) is 0 Å². The highest BCUT2D eigenvalue weighted by Gasteiger charge is 2.27. The summed E-state index contributed by atoms with van der Waals surface area (Å²) in [6, 6.07) is 14.2. The van der Waals surface area contributed by atoms with E-state index in [0.717, 1.165) is 69.0 Å². The van der Waals surface area contributed by atoms with Crippen LogP contribution in [0, 0.1) is 0 Å². The third-order valence-corrected chi connectivity index (χ3v) is 9.83.